The minimum atomic E-state index is -1.05. The van der Waals surface area contributed by atoms with Gasteiger partial charge in [-0.1, -0.05) is 20.3 Å². The molecule has 1 aromatic carbocycles. The molecule has 11 nitrogen and oxygen atoms in total. The van der Waals surface area contributed by atoms with Crippen LogP contribution in [0.25, 0.3) is 5.52 Å². The molecule has 1 saturated heterocycles. The van der Waals surface area contributed by atoms with E-state index in [1.165, 1.54) is 37.2 Å². The molecule has 3 heterocycles. The van der Waals surface area contributed by atoms with Gasteiger partial charge in [0.2, 0.25) is 0 Å². The van der Waals surface area contributed by atoms with Crippen molar-refractivity contribution >= 4 is 34.7 Å². The first-order valence-corrected chi connectivity index (χ1v) is 12.9. The SMILES string of the molecule is CONC(=O)c1cc(Nc2ncnn3cc(NC(=O)OCCCN4CCCCC4)c(C(C)C)c23)c(F)cc1F. The van der Waals surface area contributed by atoms with E-state index in [0.29, 0.717) is 29.4 Å². The summed E-state index contributed by atoms with van der Waals surface area (Å²) in [5.41, 5.74) is 3.03. The van der Waals surface area contributed by atoms with Gasteiger partial charge in [-0.15, -0.1) is 0 Å². The minimum absolute atomic E-state index is 0.0999. The number of rotatable bonds is 10. The van der Waals surface area contributed by atoms with Crippen molar-refractivity contribution in [3.63, 3.8) is 0 Å². The Morgan fingerprint density at radius 2 is 1.87 bits per heavy atom. The number of hydrogen-bond acceptors (Lipinski definition) is 8. The summed E-state index contributed by atoms with van der Waals surface area (Å²) in [5.74, 6) is -2.76. The highest BCUT2D eigenvalue weighted by Gasteiger charge is 2.22. The van der Waals surface area contributed by atoms with Crippen molar-refractivity contribution in [2.75, 3.05) is 44.0 Å². The zero-order chi connectivity index (χ0) is 27.9. The van der Waals surface area contributed by atoms with Gasteiger partial charge in [0.1, 0.15) is 23.5 Å². The second-order valence-corrected chi connectivity index (χ2v) is 9.60. The zero-order valence-electron chi connectivity index (χ0n) is 22.2. The van der Waals surface area contributed by atoms with Crippen LogP contribution in [0, 0.1) is 11.6 Å². The fourth-order valence-electron chi connectivity index (χ4n) is 4.69. The molecule has 0 spiro atoms. The van der Waals surface area contributed by atoms with Crippen LogP contribution in [0.3, 0.4) is 0 Å². The van der Waals surface area contributed by atoms with Crippen molar-refractivity contribution in [3.8, 4) is 0 Å². The van der Waals surface area contributed by atoms with Crippen LogP contribution in [-0.2, 0) is 9.57 Å². The number of fused-ring (bicyclic) bond motifs is 1. The van der Waals surface area contributed by atoms with Gasteiger partial charge in [-0.2, -0.15) is 5.10 Å². The first kappa shape index (κ1) is 28.2. The van der Waals surface area contributed by atoms with Gasteiger partial charge in [0.05, 0.1) is 36.9 Å². The summed E-state index contributed by atoms with van der Waals surface area (Å²) >= 11 is 0. The molecule has 0 bridgehead atoms. The van der Waals surface area contributed by atoms with Gasteiger partial charge >= 0.3 is 6.09 Å². The number of anilines is 3. The lowest BCUT2D eigenvalue weighted by Crippen LogP contribution is -2.31. The highest BCUT2D eigenvalue weighted by Crippen LogP contribution is 2.35. The van der Waals surface area contributed by atoms with Gasteiger partial charge < -0.3 is 15.0 Å². The predicted molar refractivity (Wildman–Crippen MR) is 141 cm³/mol. The van der Waals surface area contributed by atoms with Crippen molar-refractivity contribution in [2.24, 2.45) is 0 Å². The van der Waals surface area contributed by atoms with Gasteiger partial charge in [0.25, 0.3) is 5.91 Å². The van der Waals surface area contributed by atoms with Crippen LogP contribution in [0.5, 0.6) is 0 Å². The molecule has 0 aliphatic carbocycles. The van der Waals surface area contributed by atoms with Gasteiger partial charge in [0.15, 0.2) is 5.82 Å². The number of aromatic nitrogens is 3. The first-order valence-electron chi connectivity index (χ1n) is 12.9. The molecular weight excluding hydrogens is 512 g/mol. The van der Waals surface area contributed by atoms with E-state index in [-0.39, 0.29) is 17.4 Å². The Kier molecular flexibility index (Phi) is 9.25. The molecule has 0 saturated carbocycles. The molecule has 4 rings (SSSR count). The van der Waals surface area contributed by atoms with E-state index < -0.39 is 29.2 Å². The molecule has 1 aliphatic rings. The van der Waals surface area contributed by atoms with Crippen molar-refractivity contribution in [2.45, 2.75) is 45.4 Å². The number of piperidine rings is 1. The van der Waals surface area contributed by atoms with Gasteiger partial charge in [-0.05, 0) is 44.3 Å². The molecule has 210 valence electrons. The Balaban J connectivity index is 1.53. The Morgan fingerprint density at radius 1 is 1.10 bits per heavy atom. The summed E-state index contributed by atoms with van der Waals surface area (Å²) in [6.07, 6.45) is 6.71. The van der Waals surface area contributed by atoms with E-state index in [1.807, 2.05) is 19.3 Å². The number of hydrogen-bond donors (Lipinski definition) is 3. The Hall–Kier alpha value is -3.84. The number of halogens is 2. The Labute approximate surface area is 224 Å². The number of ether oxygens (including phenoxy) is 1. The summed E-state index contributed by atoms with van der Waals surface area (Å²) in [6, 6.07) is 1.62. The van der Waals surface area contributed by atoms with E-state index in [9.17, 15) is 18.4 Å². The molecule has 39 heavy (non-hydrogen) atoms. The van der Waals surface area contributed by atoms with Crippen molar-refractivity contribution < 1.29 is 27.9 Å². The van der Waals surface area contributed by atoms with E-state index in [1.54, 1.807) is 6.20 Å². The van der Waals surface area contributed by atoms with Crippen LogP contribution in [0.15, 0.2) is 24.7 Å². The molecule has 0 atom stereocenters. The Bertz CT molecular complexity index is 1330. The summed E-state index contributed by atoms with van der Waals surface area (Å²) in [4.78, 5) is 35.9. The maximum absolute atomic E-state index is 14.7. The minimum Gasteiger partial charge on any atom is -0.449 e. The summed E-state index contributed by atoms with van der Waals surface area (Å²) in [7, 11) is 1.20. The molecule has 2 amide bonds. The third kappa shape index (κ3) is 6.79. The predicted octanol–water partition coefficient (Wildman–Crippen LogP) is 4.59. The topological polar surface area (TPSA) is 122 Å². The van der Waals surface area contributed by atoms with E-state index >= 15 is 0 Å². The highest BCUT2D eigenvalue weighted by atomic mass is 19.1. The average molecular weight is 546 g/mol. The fraction of sp³-hybridized carbons (Fsp3) is 0.462. The monoisotopic (exact) mass is 545 g/mol. The number of benzene rings is 1. The number of hydroxylamine groups is 1. The van der Waals surface area contributed by atoms with Gasteiger partial charge in [-0.3, -0.25) is 14.9 Å². The van der Waals surface area contributed by atoms with Crippen molar-refractivity contribution in [1.29, 1.82) is 0 Å². The summed E-state index contributed by atoms with van der Waals surface area (Å²) in [6.45, 7) is 7.20. The van der Waals surface area contributed by atoms with Crippen LogP contribution >= 0.6 is 0 Å². The van der Waals surface area contributed by atoms with E-state index in [4.69, 9.17) is 4.74 Å². The maximum Gasteiger partial charge on any atom is 0.411 e. The van der Waals surface area contributed by atoms with Crippen LogP contribution in [0.2, 0.25) is 0 Å². The highest BCUT2D eigenvalue weighted by molar-refractivity contribution is 5.95. The lowest BCUT2D eigenvalue weighted by Gasteiger charge is -2.26. The number of nitrogens with zero attached hydrogens (tertiary/aromatic N) is 4. The lowest BCUT2D eigenvalue weighted by atomic mass is 10.0. The average Bonchev–Trinajstić information content (AvgIpc) is 3.28. The van der Waals surface area contributed by atoms with Crippen LogP contribution < -0.4 is 16.1 Å². The van der Waals surface area contributed by atoms with Crippen LogP contribution in [0.4, 0.5) is 30.8 Å². The summed E-state index contributed by atoms with van der Waals surface area (Å²) < 4.78 is 35.8. The van der Waals surface area contributed by atoms with Gasteiger partial charge in [0, 0.05) is 18.2 Å². The molecule has 3 N–H and O–H groups in total. The molecule has 1 fully saturated rings. The maximum atomic E-state index is 14.7. The number of carbonyl (C=O) groups is 2. The van der Waals surface area contributed by atoms with Crippen LogP contribution in [-0.4, -0.2) is 64.8 Å². The van der Waals surface area contributed by atoms with E-state index in [0.717, 1.165) is 32.1 Å². The van der Waals surface area contributed by atoms with E-state index in [2.05, 4.69) is 30.5 Å². The first-order chi connectivity index (χ1) is 18.8. The van der Waals surface area contributed by atoms with Crippen LogP contribution in [0.1, 0.15) is 61.4 Å². The molecule has 3 aromatic rings. The quantitative estimate of drug-likeness (QED) is 0.250. The molecule has 0 unspecified atom stereocenters. The third-order valence-corrected chi connectivity index (χ3v) is 6.48. The second-order valence-electron chi connectivity index (χ2n) is 9.60. The normalized spacial score (nSPS) is 14.0. The lowest BCUT2D eigenvalue weighted by molar-refractivity contribution is 0.0533. The number of amides is 2. The number of likely N-dealkylation sites (tertiary alicyclic amines) is 1. The second kappa shape index (κ2) is 12.8. The van der Waals surface area contributed by atoms with Crippen molar-refractivity contribution in [3.05, 3.63) is 47.4 Å². The number of nitrogens with one attached hydrogen (secondary N) is 3. The molecule has 13 heteroatoms. The van der Waals surface area contributed by atoms with Crippen molar-refractivity contribution in [1.82, 2.24) is 25.0 Å². The van der Waals surface area contributed by atoms with Gasteiger partial charge in [-0.25, -0.2) is 28.6 Å². The molecule has 2 aromatic heterocycles. The standard InChI is InChI=1S/C26H33F2N7O4/c1-16(2)22-21(32-26(37)39-11-7-10-34-8-5-4-6-9-34)14-35-23(22)24(29-15-30-35)31-20-12-17(25(36)33-38-3)18(27)13-19(20)28/h12-16H,4-11H2,1-3H3,(H,32,37)(H,33,36)(H,29,30,31). The summed E-state index contributed by atoms with van der Waals surface area (Å²) in [5, 5.41) is 9.84. The Morgan fingerprint density at radius 3 is 2.59 bits per heavy atom. The fourth-order valence-corrected chi connectivity index (χ4v) is 4.69. The number of carbonyl (C=O) groups excluding carboxylic acids is 2. The third-order valence-electron chi connectivity index (χ3n) is 6.48. The smallest absolute Gasteiger partial charge is 0.411 e. The largest absolute Gasteiger partial charge is 0.449 e. The molecule has 1 aliphatic heterocycles. The molecule has 0 radical (unpaired) electrons. The molecular formula is C26H33F2N7O4. The zero-order valence-corrected chi connectivity index (χ0v) is 22.2.